The Morgan fingerprint density at radius 3 is 2.28 bits per heavy atom. The summed E-state index contributed by atoms with van der Waals surface area (Å²) in [6.07, 6.45) is 6.41. The molecular weight excluding hydrogens is 232 g/mol. The predicted octanol–water partition coefficient (Wildman–Crippen LogP) is 2.55. The van der Waals surface area contributed by atoms with E-state index in [2.05, 4.69) is 13.2 Å². The molecule has 2 aliphatic carbocycles. The van der Waals surface area contributed by atoms with Crippen molar-refractivity contribution < 1.29 is 19.4 Å². The second kappa shape index (κ2) is 6.38. The zero-order valence-electron chi connectivity index (χ0n) is 10.7. The number of hydrogen-bond acceptors (Lipinski definition) is 3. The highest BCUT2D eigenvalue weighted by Crippen LogP contribution is 2.45. The maximum atomic E-state index is 10.9. The zero-order valence-corrected chi connectivity index (χ0v) is 10.7. The first kappa shape index (κ1) is 14.5. The van der Waals surface area contributed by atoms with Crippen molar-refractivity contribution in [3.05, 3.63) is 24.8 Å². The molecule has 100 valence electrons. The normalized spacial score (nSPS) is 27.9. The second-order valence-electron chi connectivity index (χ2n) is 4.94. The van der Waals surface area contributed by atoms with Crippen LogP contribution in [0.15, 0.2) is 24.8 Å². The lowest BCUT2D eigenvalue weighted by molar-refractivity contribution is -0.145. The molecule has 2 saturated carbocycles. The van der Waals surface area contributed by atoms with E-state index in [0.29, 0.717) is 5.92 Å². The van der Waals surface area contributed by atoms with Crippen molar-refractivity contribution in [3.63, 3.8) is 0 Å². The first-order valence-electron chi connectivity index (χ1n) is 6.15. The number of esters is 1. The summed E-state index contributed by atoms with van der Waals surface area (Å²) in [5.74, 6) is 0.291. The molecule has 1 N–H and O–H groups in total. The van der Waals surface area contributed by atoms with Gasteiger partial charge < -0.3 is 9.84 Å². The number of aliphatic carboxylic acids is 1. The van der Waals surface area contributed by atoms with Crippen LogP contribution in [0.4, 0.5) is 0 Å². The lowest BCUT2D eigenvalue weighted by Crippen LogP contribution is -2.22. The molecule has 0 aromatic heterocycles. The molecule has 0 amide bonds. The van der Waals surface area contributed by atoms with Crippen LogP contribution in [0.3, 0.4) is 0 Å². The van der Waals surface area contributed by atoms with E-state index >= 15 is 0 Å². The van der Waals surface area contributed by atoms with E-state index in [1.54, 1.807) is 0 Å². The topological polar surface area (TPSA) is 63.6 Å². The Kier molecular flexibility index (Phi) is 5.13. The van der Waals surface area contributed by atoms with Crippen LogP contribution in [-0.4, -0.2) is 23.1 Å². The Balaban J connectivity index is 0.000000232. The number of rotatable bonds is 3. The molecule has 2 bridgehead atoms. The van der Waals surface area contributed by atoms with Gasteiger partial charge in [-0.15, -0.1) is 0 Å². The Labute approximate surface area is 107 Å². The van der Waals surface area contributed by atoms with Gasteiger partial charge in [0.05, 0.1) is 0 Å². The minimum atomic E-state index is -0.935. The SMILES string of the molecule is C=C(C)C(=O)O.C=CC(=O)OC1CC2CCC1C2. The van der Waals surface area contributed by atoms with Crippen LogP contribution >= 0.6 is 0 Å². The summed E-state index contributed by atoms with van der Waals surface area (Å²) in [6.45, 7) is 7.99. The van der Waals surface area contributed by atoms with E-state index < -0.39 is 5.97 Å². The van der Waals surface area contributed by atoms with Crippen LogP contribution in [0.1, 0.15) is 32.6 Å². The Hall–Kier alpha value is -1.58. The third kappa shape index (κ3) is 4.02. The van der Waals surface area contributed by atoms with Crippen LogP contribution in [0.2, 0.25) is 0 Å². The van der Waals surface area contributed by atoms with Gasteiger partial charge in [0.2, 0.25) is 0 Å². The average Bonchev–Trinajstić information content (AvgIpc) is 2.91. The van der Waals surface area contributed by atoms with Crippen LogP contribution < -0.4 is 0 Å². The highest BCUT2D eigenvalue weighted by atomic mass is 16.5. The molecule has 4 heteroatoms. The maximum Gasteiger partial charge on any atom is 0.330 e. The highest BCUT2D eigenvalue weighted by Gasteiger charge is 2.41. The van der Waals surface area contributed by atoms with Gasteiger partial charge in [-0.25, -0.2) is 9.59 Å². The van der Waals surface area contributed by atoms with Gasteiger partial charge in [0.25, 0.3) is 0 Å². The summed E-state index contributed by atoms with van der Waals surface area (Å²) in [6, 6.07) is 0. The number of ether oxygens (including phenoxy) is 1. The van der Waals surface area contributed by atoms with Crippen molar-refractivity contribution >= 4 is 11.9 Å². The van der Waals surface area contributed by atoms with E-state index in [4.69, 9.17) is 9.84 Å². The number of carboxylic acids is 1. The van der Waals surface area contributed by atoms with Gasteiger partial charge in [-0.3, -0.25) is 0 Å². The molecular formula is C14H20O4. The summed E-state index contributed by atoms with van der Waals surface area (Å²) in [4.78, 5) is 20.5. The van der Waals surface area contributed by atoms with Crippen LogP contribution in [0.25, 0.3) is 0 Å². The Morgan fingerprint density at radius 2 is 1.94 bits per heavy atom. The Morgan fingerprint density at radius 1 is 1.33 bits per heavy atom. The smallest absolute Gasteiger partial charge is 0.330 e. The van der Waals surface area contributed by atoms with Crippen molar-refractivity contribution in [3.8, 4) is 0 Å². The molecule has 3 unspecified atom stereocenters. The third-order valence-electron chi connectivity index (χ3n) is 3.47. The van der Waals surface area contributed by atoms with Crippen molar-refractivity contribution in [1.29, 1.82) is 0 Å². The maximum absolute atomic E-state index is 10.9. The van der Waals surface area contributed by atoms with Gasteiger partial charge in [0.15, 0.2) is 0 Å². The van der Waals surface area contributed by atoms with Gasteiger partial charge in [-0.2, -0.15) is 0 Å². The van der Waals surface area contributed by atoms with Crippen molar-refractivity contribution in [2.45, 2.75) is 38.7 Å². The molecule has 2 aliphatic rings. The monoisotopic (exact) mass is 252 g/mol. The number of carbonyl (C=O) groups is 2. The fourth-order valence-electron chi connectivity index (χ4n) is 2.53. The average molecular weight is 252 g/mol. The molecule has 4 nitrogen and oxygen atoms in total. The third-order valence-corrected chi connectivity index (χ3v) is 3.47. The lowest BCUT2D eigenvalue weighted by Gasteiger charge is -2.20. The minimum Gasteiger partial charge on any atom is -0.478 e. The molecule has 3 atom stereocenters. The fourth-order valence-corrected chi connectivity index (χ4v) is 2.53. The number of carboxylic acid groups (broad SMARTS) is 1. The molecule has 0 aromatic carbocycles. The molecule has 0 aliphatic heterocycles. The molecule has 2 rings (SSSR count). The molecule has 0 radical (unpaired) electrons. The van der Waals surface area contributed by atoms with E-state index in [1.165, 1.54) is 32.3 Å². The molecule has 0 spiro atoms. The number of carbonyl (C=O) groups excluding carboxylic acids is 1. The van der Waals surface area contributed by atoms with Gasteiger partial charge in [0, 0.05) is 11.6 Å². The largest absolute Gasteiger partial charge is 0.478 e. The van der Waals surface area contributed by atoms with Gasteiger partial charge in [-0.05, 0) is 44.4 Å². The molecule has 0 saturated heterocycles. The zero-order chi connectivity index (χ0) is 13.7. The minimum absolute atomic E-state index is 0.176. The lowest BCUT2D eigenvalue weighted by atomic mass is 9.98. The molecule has 2 fully saturated rings. The first-order valence-corrected chi connectivity index (χ1v) is 6.15. The highest BCUT2D eigenvalue weighted by molar-refractivity contribution is 5.84. The molecule has 0 heterocycles. The predicted molar refractivity (Wildman–Crippen MR) is 68.0 cm³/mol. The molecule has 0 aromatic rings. The number of hydrogen-bond donors (Lipinski definition) is 1. The van der Waals surface area contributed by atoms with Crippen molar-refractivity contribution in [2.24, 2.45) is 11.8 Å². The fraction of sp³-hybridized carbons (Fsp3) is 0.571. The van der Waals surface area contributed by atoms with Crippen molar-refractivity contribution in [1.82, 2.24) is 0 Å². The van der Waals surface area contributed by atoms with Gasteiger partial charge in [-0.1, -0.05) is 13.2 Å². The van der Waals surface area contributed by atoms with E-state index in [1.807, 2.05) is 0 Å². The van der Waals surface area contributed by atoms with Gasteiger partial charge >= 0.3 is 11.9 Å². The summed E-state index contributed by atoms with van der Waals surface area (Å²) in [5, 5.41) is 7.89. The summed E-state index contributed by atoms with van der Waals surface area (Å²) >= 11 is 0. The van der Waals surface area contributed by atoms with Gasteiger partial charge in [0.1, 0.15) is 6.10 Å². The summed E-state index contributed by atoms with van der Waals surface area (Å²) in [5.41, 5.74) is 0.176. The standard InChI is InChI=1S/C10H14O2.C4H6O2/c1-2-10(11)12-9-6-7-3-4-8(9)5-7;1-3(2)4(5)6/h2,7-9H,1,3-6H2;1H2,2H3,(H,5,6). The molecule has 18 heavy (non-hydrogen) atoms. The summed E-state index contributed by atoms with van der Waals surface area (Å²) < 4.78 is 5.24. The first-order chi connectivity index (χ1) is 8.43. The van der Waals surface area contributed by atoms with E-state index in [-0.39, 0.29) is 17.6 Å². The Bertz CT molecular complexity index is 347. The van der Waals surface area contributed by atoms with E-state index in [9.17, 15) is 9.59 Å². The quantitative estimate of drug-likeness (QED) is 0.619. The summed E-state index contributed by atoms with van der Waals surface area (Å²) in [7, 11) is 0. The second-order valence-corrected chi connectivity index (χ2v) is 4.94. The van der Waals surface area contributed by atoms with Crippen LogP contribution in [0, 0.1) is 11.8 Å². The number of fused-ring (bicyclic) bond motifs is 2. The van der Waals surface area contributed by atoms with E-state index in [0.717, 1.165) is 12.3 Å². The van der Waals surface area contributed by atoms with Crippen molar-refractivity contribution in [2.75, 3.05) is 0 Å². The van der Waals surface area contributed by atoms with Crippen LogP contribution in [-0.2, 0) is 14.3 Å². The van der Waals surface area contributed by atoms with Crippen LogP contribution in [0.5, 0.6) is 0 Å².